The van der Waals surface area contributed by atoms with Crippen molar-refractivity contribution in [3.63, 3.8) is 0 Å². The highest BCUT2D eigenvalue weighted by Gasteiger charge is 2.20. The van der Waals surface area contributed by atoms with E-state index in [1.807, 2.05) is 18.2 Å². The van der Waals surface area contributed by atoms with Crippen LogP contribution in [0.5, 0.6) is 0 Å². The van der Waals surface area contributed by atoms with Crippen LogP contribution in [0.25, 0.3) is 0 Å². The second-order valence-corrected chi connectivity index (χ2v) is 5.29. The Balaban J connectivity index is 1.93. The molecule has 0 unspecified atom stereocenters. The maximum atomic E-state index is 11.8. The summed E-state index contributed by atoms with van der Waals surface area (Å²) >= 11 is 0. The fourth-order valence-corrected chi connectivity index (χ4v) is 2.51. The van der Waals surface area contributed by atoms with E-state index >= 15 is 0 Å². The molecule has 5 nitrogen and oxygen atoms in total. The lowest BCUT2D eigenvalue weighted by Gasteiger charge is -2.26. The Morgan fingerprint density at radius 3 is 2.95 bits per heavy atom. The summed E-state index contributed by atoms with van der Waals surface area (Å²) < 4.78 is 4.94. The Morgan fingerprint density at radius 1 is 1.38 bits per heavy atom. The normalized spacial score (nSPS) is 14.0. The minimum Gasteiger partial charge on any atom is -0.385 e. The number of nitrogens with one attached hydrogen (secondary N) is 1. The molecule has 0 aromatic heterocycles. The van der Waals surface area contributed by atoms with Gasteiger partial charge in [-0.15, -0.1) is 0 Å². The van der Waals surface area contributed by atoms with Crippen molar-refractivity contribution in [1.29, 1.82) is 0 Å². The molecule has 114 valence electrons. The van der Waals surface area contributed by atoms with Crippen molar-refractivity contribution >= 4 is 17.5 Å². The van der Waals surface area contributed by atoms with Crippen molar-refractivity contribution in [2.75, 3.05) is 32.2 Å². The Labute approximate surface area is 125 Å². The number of carbonyl (C=O) groups excluding carboxylic acids is 2. The third-order valence-electron chi connectivity index (χ3n) is 3.70. The average molecular weight is 290 g/mol. The van der Waals surface area contributed by atoms with E-state index in [-0.39, 0.29) is 11.8 Å². The van der Waals surface area contributed by atoms with Gasteiger partial charge in [-0.05, 0) is 30.0 Å². The summed E-state index contributed by atoms with van der Waals surface area (Å²) in [7, 11) is 3.44. The smallest absolute Gasteiger partial charge is 0.227 e. The first-order valence-corrected chi connectivity index (χ1v) is 7.26. The standard InChI is InChI=1S/C16H22N2O3/c1-18-14-6-4-12(10-13(14)5-7-16(18)20)11-15(19)17-8-3-9-21-2/h4,6,10H,3,5,7-9,11H2,1-2H3,(H,17,19). The van der Waals surface area contributed by atoms with Crippen molar-refractivity contribution in [3.05, 3.63) is 29.3 Å². The quantitative estimate of drug-likeness (QED) is 0.803. The number of hydrogen-bond donors (Lipinski definition) is 1. The number of hydrogen-bond acceptors (Lipinski definition) is 3. The average Bonchev–Trinajstić information content (AvgIpc) is 2.48. The summed E-state index contributed by atoms with van der Waals surface area (Å²) in [5, 5.41) is 2.88. The van der Waals surface area contributed by atoms with Gasteiger partial charge < -0.3 is 15.0 Å². The van der Waals surface area contributed by atoms with Crippen LogP contribution in [0.2, 0.25) is 0 Å². The third-order valence-corrected chi connectivity index (χ3v) is 3.70. The van der Waals surface area contributed by atoms with Gasteiger partial charge in [0.2, 0.25) is 11.8 Å². The van der Waals surface area contributed by atoms with Crippen LogP contribution in [-0.2, 0) is 27.2 Å². The van der Waals surface area contributed by atoms with E-state index < -0.39 is 0 Å². The van der Waals surface area contributed by atoms with Crippen LogP contribution in [0.3, 0.4) is 0 Å². The SMILES string of the molecule is COCCCNC(=O)Cc1ccc2c(c1)CCC(=O)N2C. The monoisotopic (exact) mass is 290 g/mol. The molecule has 1 aromatic rings. The highest BCUT2D eigenvalue weighted by molar-refractivity contribution is 5.96. The van der Waals surface area contributed by atoms with Gasteiger partial charge in [0.05, 0.1) is 6.42 Å². The predicted octanol–water partition coefficient (Wildman–Crippen LogP) is 1.29. The van der Waals surface area contributed by atoms with Crippen molar-refractivity contribution in [2.24, 2.45) is 0 Å². The van der Waals surface area contributed by atoms with Gasteiger partial charge in [0.1, 0.15) is 0 Å². The van der Waals surface area contributed by atoms with Crippen LogP contribution in [0.1, 0.15) is 24.0 Å². The van der Waals surface area contributed by atoms with Crippen LogP contribution in [0.4, 0.5) is 5.69 Å². The molecule has 21 heavy (non-hydrogen) atoms. The van der Waals surface area contributed by atoms with Gasteiger partial charge in [-0.2, -0.15) is 0 Å². The minimum absolute atomic E-state index is 0.0197. The van der Waals surface area contributed by atoms with Crippen molar-refractivity contribution in [1.82, 2.24) is 5.32 Å². The summed E-state index contributed by atoms with van der Waals surface area (Å²) in [6.45, 7) is 1.29. The number of nitrogens with zero attached hydrogens (tertiary/aromatic N) is 1. The number of ether oxygens (including phenoxy) is 1. The molecule has 0 saturated heterocycles. The Kier molecular flexibility index (Phi) is 5.33. The first-order valence-electron chi connectivity index (χ1n) is 7.26. The molecule has 0 radical (unpaired) electrons. The molecule has 0 spiro atoms. The molecule has 0 aliphatic carbocycles. The van der Waals surface area contributed by atoms with E-state index in [1.54, 1.807) is 19.1 Å². The zero-order valence-electron chi connectivity index (χ0n) is 12.6. The summed E-state index contributed by atoms with van der Waals surface area (Å²) in [6.07, 6.45) is 2.48. The van der Waals surface area contributed by atoms with Crippen LogP contribution < -0.4 is 10.2 Å². The first kappa shape index (κ1) is 15.5. The highest BCUT2D eigenvalue weighted by atomic mass is 16.5. The molecule has 0 saturated carbocycles. The van der Waals surface area contributed by atoms with Crippen LogP contribution in [-0.4, -0.2) is 39.1 Å². The fourth-order valence-electron chi connectivity index (χ4n) is 2.51. The Hall–Kier alpha value is -1.88. The molecule has 1 heterocycles. The Bertz CT molecular complexity index is 528. The maximum absolute atomic E-state index is 11.8. The lowest BCUT2D eigenvalue weighted by Crippen LogP contribution is -2.31. The number of fused-ring (bicyclic) bond motifs is 1. The molecular weight excluding hydrogens is 268 g/mol. The van der Waals surface area contributed by atoms with Gasteiger partial charge in [0, 0.05) is 39.4 Å². The van der Waals surface area contributed by atoms with E-state index in [9.17, 15) is 9.59 Å². The summed E-state index contributed by atoms with van der Waals surface area (Å²) in [5.74, 6) is 0.164. The van der Waals surface area contributed by atoms with Gasteiger partial charge in [-0.1, -0.05) is 12.1 Å². The maximum Gasteiger partial charge on any atom is 0.227 e. The number of carbonyl (C=O) groups is 2. The van der Waals surface area contributed by atoms with E-state index in [0.29, 0.717) is 26.0 Å². The van der Waals surface area contributed by atoms with E-state index in [1.165, 1.54) is 0 Å². The summed E-state index contributed by atoms with van der Waals surface area (Å²) in [6, 6.07) is 5.88. The number of benzene rings is 1. The molecule has 0 bridgehead atoms. The highest BCUT2D eigenvalue weighted by Crippen LogP contribution is 2.27. The topological polar surface area (TPSA) is 58.6 Å². The number of methoxy groups -OCH3 is 1. The molecule has 1 aromatic carbocycles. The lowest BCUT2D eigenvalue weighted by atomic mass is 9.98. The van der Waals surface area contributed by atoms with Gasteiger partial charge in [0.15, 0.2) is 0 Å². The van der Waals surface area contributed by atoms with Crippen molar-refractivity contribution in [2.45, 2.75) is 25.7 Å². The van der Waals surface area contributed by atoms with E-state index in [2.05, 4.69) is 5.32 Å². The molecule has 2 amide bonds. The number of amides is 2. The van der Waals surface area contributed by atoms with Gasteiger partial charge in [0.25, 0.3) is 0 Å². The zero-order valence-corrected chi connectivity index (χ0v) is 12.6. The third kappa shape index (κ3) is 4.04. The lowest BCUT2D eigenvalue weighted by molar-refractivity contribution is -0.120. The number of anilines is 1. The van der Waals surface area contributed by atoms with Gasteiger partial charge in [-0.3, -0.25) is 9.59 Å². The van der Waals surface area contributed by atoms with Gasteiger partial charge in [-0.25, -0.2) is 0 Å². The van der Waals surface area contributed by atoms with Crippen molar-refractivity contribution in [3.8, 4) is 0 Å². The molecule has 0 atom stereocenters. The first-order chi connectivity index (χ1) is 10.1. The minimum atomic E-state index is 0.0197. The number of aryl methyl sites for hydroxylation is 1. The number of rotatable bonds is 6. The molecule has 0 fully saturated rings. The molecule has 5 heteroatoms. The Morgan fingerprint density at radius 2 is 2.19 bits per heavy atom. The molecular formula is C16H22N2O3. The largest absolute Gasteiger partial charge is 0.385 e. The van der Waals surface area contributed by atoms with Crippen LogP contribution in [0, 0.1) is 0 Å². The van der Waals surface area contributed by atoms with Crippen molar-refractivity contribution < 1.29 is 14.3 Å². The summed E-state index contributed by atoms with van der Waals surface area (Å²) in [4.78, 5) is 25.2. The fraction of sp³-hybridized carbons (Fsp3) is 0.500. The molecule has 1 aliphatic rings. The van der Waals surface area contributed by atoms with Gasteiger partial charge >= 0.3 is 0 Å². The van der Waals surface area contributed by atoms with Crippen LogP contribution in [0.15, 0.2) is 18.2 Å². The zero-order chi connectivity index (χ0) is 15.2. The second-order valence-electron chi connectivity index (χ2n) is 5.29. The molecule has 1 aliphatic heterocycles. The summed E-state index contributed by atoms with van der Waals surface area (Å²) in [5.41, 5.74) is 3.08. The second kappa shape index (κ2) is 7.22. The van der Waals surface area contributed by atoms with E-state index in [4.69, 9.17) is 4.74 Å². The molecule has 2 rings (SSSR count). The predicted molar refractivity (Wildman–Crippen MR) is 81.4 cm³/mol. The molecule has 1 N–H and O–H groups in total. The van der Waals surface area contributed by atoms with E-state index in [0.717, 1.165) is 29.7 Å². The van der Waals surface area contributed by atoms with Crippen LogP contribution >= 0.6 is 0 Å².